The molecule has 2 fully saturated rings. The molecule has 2 aliphatic rings. The molecule has 0 spiro atoms. The minimum absolute atomic E-state index is 0.0994. The molecule has 2 bridgehead atoms. The number of rotatable bonds is 3. The van der Waals surface area contributed by atoms with Crippen LogP contribution in [0.4, 0.5) is 0 Å². The molecule has 128 valence electrons. The van der Waals surface area contributed by atoms with Gasteiger partial charge < -0.3 is 15.6 Å². The highest BCUT2D eigenvalue weighted by Gasteiger charge is 2.40. The van der Waals surface area contributed by atoms with E-state index in [9.17, 15) is 4.79 Å². The van der Waals surface area contributed by atoms with Crippen molar-refractivity contribution in [1.82, 2.24) is 9.88 Å². The Labute approximate surface area is 139 Å². The minimum Gasteiger partial charge on any atom is -0.349 e. The Bertz CT molecular complexity index is 576. The molecule has 4 nitrogen and oxygen atoms in total. The third-order valence-corrected chi connectivity index (χ3v) is 5.92. The normalized spacial score (nSPS) is 30.5. The molecule has 3 rings (SSSR count). The van der Waals surface area contributed by atoms with Gasteiger partial charge in [-0.1, -0.05) is 6.42 Å². The average Bonchev–Trinajstić information content (AvgIpc) is 2.75. The van der Waals surface area contributed by atoms with Crippen molar-refractivity contribution in [2.24, 2.45) is 17.6 Å². The highest BCUT2D eigenvalue weighted by atomic mass is 16.1. The first-order chi connectivity index (χ1) is 10.9. The van der Waals surface area contributed by atoms with E-state index in [2.05, 4.69) is 37.6 Å². The van der Waals surface area contributed by atoms with Crippen LogP contribution in [-0.2, 0) is 0 Å². The standard InChI is InChI=1S/C19H31N3O/c1-11(2)22-12(3)8-17(13(22)4)19(23)21-18-14-6-5-7-15(18)10-16(20)9-14/h8,11,14-16,18H,5-7,9-10,20H2,1-4H3,(H,21,23). The molecule has 1 aromatic rings. The lowest BCUT2D eigenvalue weighted by atomic mass is 9.67. The van der Waals surface area contributed by atoms with Gasteiger partial charge in [-0.05, 0) is 71.3 Å². The summed E-state index contributed by atoms with van der Waals surface area (Å²) >= 11 is 0. The lowest BCUT2D eigenvalue weighted by Gasteiger charge is -2.45. The van der Waals surface area contributed by atoms with Crippen LogP contribution in [0.2, 0.25) is 0 Å². The quantitative estimate of drug-likeness (QED) is 0.898. The van der Waals surface area contributed by atoms with Gasteiger partial charge in [-0.15, -0.1) is 0 Å². The van der Waals surface area contributed by atoms with E-state index in [4.69, 9.17) is 5.73 Å². The van der Waals surface area contributed by atoms with Crippen molar-refractivity contribution >= 4 is 5.91 Å². The zero-order valence-electron chi connectivity index (χ0n) is 14.9. The summed E-state index contributed by atoms with van der Waals surface area (Å²) in [6.07, 6.45) is 5.83. The van der Waals surface area contributed by atoms with Crippen molar-refractivity contribution < 1.29 is 4.79 Å². The Morgan fingerprint density at radius 2 is 1.87 bits per heavy atom. The first kappa shape index (κ1) is 16.6. The van der Waals surface area contributed by atoms with E-state index in [-0.39, 0.29) is 5.91 Å². The second kappa shape index (κ2) is 6.31. The zero-order chi connectivity index (χ0) is 16.7. The number of hydrogen-bond donors (Lipinski definition) is 2. The van der Waals surface area contributed by atoms with Crippen molar-refractivity contribution in [2.45, 2.75) is 77.9 Å². The van der Waals surface area contributed by atoms with Crippen molar-refractivity contribution in [1.29, 1.82) is 0 Å². The van der Waals surface area contributed by atoms with E-state index in [1.54, 1.807) is 0 Å². The number of nitrogens with zero attached hydrogens (tertiary/aromatic N) is 1. The van der Waals surface area contributed by atoms with Crippen LogP contribution in [0.1, 0.15) is 73.7 Å². The number of carbonyl (C=O) groups is 1. The van der Waals surface area contributed by atoms with Crippen molar-refractivity contribution in [3.8, 4) is 0 Å². The SMILES string of the molecule is Cc1cc(C(=O)NC2C3CCCC2CC(N)C3)c(C)n1C(C)C. The van der Waals surface area contributed by atoms with E-state index in [0.29, 0.717) is 30.0 Å². The second-order valence-corrected chi connectivity index (χ2v) is 7.93. The zero-order valence-corrected chi connectivity index (χ0v) is 14.9. The summed E-state index contributed by atoms with van der Waals surface area (Å²) in [6.45, 7) is 8.46. The number of fused-ring (bicyclic) bond motifs is 2. The van der Waals surface area contributed by atoms with Crippen molar-refractivity contribution in [2.75, 3.05) is 0 Å². The highest BCUT2D eigenvalue weighted by Crippen LogP contribution is 2.39. The van der Waals surface area contributed by atoms with Crippen LogP contribution in [0.15, 0.2) is 6.07 Å². The molecule has 1 heterocycles. The molecule has 1 amide bonds. The van der Waals surface area contributed by atoms with Crippen LogP contribution in [-0.4, -0.2) is 22.6 Å². The topological polar surface area (TPSA) is 60.1 Å². The fourth-order valence-electron chi connectivity index (χ4n) is 5.06. The van der Waals surface area contributed by atoms with Gasteiger partial charge >= 0.3 is 0 Å². The lowest BCUT2D eigenvalue weighted by molar-refractivity contribution is 0.0755. The minimum atomic E-state index is 0.0994. The van der Waals surface area contributed by atoms with Crippen LogP contribution in [0.5, 0.6) is 0 Å². The molecule has 0 radical (unpaired) electrons. The number of nitrogens with one attached hydrogen (secondary N) is 1. The van der Waals surface area contributed by atoms with Gasteiger partial charge in [-0.3, -0.25) is 4.79 Å². The van der Waals surface area contributed by atoms with Gasteiger partial charge in [0.1, 0.15) is 0 Å². The molecule has 0 aromatic carbocycles. The third kappa shape index (κ3) is 3.06. The number of amides is 1. The van der Waals surface area contributed by atoms with Gasteiger partial charge in [0.25, 0.3) is 5.91 Å². The molecule has 4 heteroatoms. The smallest absolute Gasteiger partial charge is 0.253 e. The molecule has 2 aliphatic carbocycles. The summed E-state index contributed by atoms with van der Waals surface area (Å²) in [6, 6.07) is 3.06. The first-order valence-corrected chi connectivity index (χ1v) is 9.13. The lowest BCUT2D eigenvalue weighted by Crippen LogP contribution is -2.53. The van der Waals surface area contributed by atoms with Gasteiger partial charge in [0, 0.05) is 29.5 Å². The average molecular weight is 317 g/mol. The Hall–Kier alpha value is -1.29. The summed E-state index contributed by atoms with van der Waals surface area (Å²) < 4.78 is 2.24. The molecule has 3 N–H and O–H groups in total. The molecule has 2 atom stereocenters. The van der Waals surface area contributed by atoms with Gasteiger partial charge in [-0.2, -0.15) is 0 Å². The molecular weight excluding hydrogens is 286 g/mol. The number of hydrogen-bond acceptors (Lipinski definition) is 2. The predicted molar refractivity (Wildman–Crippen MR) is 93.6 cm³/mol. The fraction of sp³-hybridized carbons (Fsp3) is 0.737. The molecule has 0 saturated heterocycles. The van der Waals surface area contributed by atoms with Crippen LogP contribution < -0.4 is 11.1 Å². The van der Waals surface area contributed by atoms with Gasteiger partial charge in [-0.25, -0.2) is 0 Å². The second-order valence-electron chi connectivity index (χ2n) is 7.93. The van der Waals surface area contributed by atoms with Gasteiger partial charge in [0.05, 0.1) is 5.56 Å². The van der Waals surface area contributed by atoms with Crippen LogP contribution in [0.25, 0.3) is 0 Å². The Morgan fingerprint density at radius 3 is 2.39 bits per heavy atom. The molecular formula is C19H31N3O. The largest absolute Gasteiger partial charge is 0.349 e. The third-order valence-electron chi connectivity index (χ3n) is 5.92. The number of nitrogens with two attached hydrogens (primary N) is 1. The van der Waals surface area contributed by atoms with Gasteiger partial charge in [0.2, 0.25) is 0 Å². The van der Waals surface area contributed by atoms with Crippen LogP contribution in [0.3, 0.4) is 0 Å². The molecule has 2 saturated carbocycles. The summed E-state index contributed by atoms with van der Waals surface area (Å²) in [5.41, 5.74) is 9.27. The van der Waals surface area contributed by atoms with Crippen molar-refractivity contribution in [3.05, 3.63) is 23.0 Å². The number of aryl methyl sites for hydroxylation is 1. The Balaban J connectivity index is 1.78. The number of aromatic nitrogens is 1. The maximum atomic E-state index is 12.9. The monoisotopic (exact) mass is 317 g/mol. The maximum Gasteiger partial charge on any atom is 0.253 e. The van der Waals surface area contributed by atoms with Gasteiger partial charge in [0.15, 0.2) is 0 Å². The number of carbonyl (C=O) groups excluding carboxylic acids is 1. The molecule has 2 unspecified atom stereocenters. The summed E-state index contributed by atoms with van der Waals surface area (Å²) in [5.74, 6) is 1.23. The first-order valence-electron chi connectivity index (χ1n) is 9.13. The van der Waals surface area contributed by atoms with E-state index in [1.165, 1.54) is 19.3 Å². The summed E-state index contributed by atoms with van der Waals surface area (Å²) in [5, 5.41) is 3.37. The highest BCUT2D eigenvalue weighted by molar-refractivity contribution is 5.96. The fourth-order valence-corrected chi connectivity index (χ4v) is 5.06. The Morgan fingerprint density at radius 1 is 1.26 bits per heavy atom. The van der Waals surface area contributed by atoms with E-state index >= 15 is 0 Å². The van der Waals surface area contributed by atoms with Crippen LogP contribution in [0, 0.1) is 25.7 Å². The van der Waals surface area contributed by atoms with E-state index < -0.39 is 0 Å². The van der Waals surface area contributed by atoms with E-state index in [0.717, 1.165) is 29.8 Å². The van der Waals surface area contributed by atoms with Crippen LogP contribution >= 0.6 is 0 Å². The molecule has 1 aromatic heterocycles. The summed E-state index contributed by atoms with van der Waals surface area (Å²) in [7, 11) is 0. The molecule has 0 aliphatic heterocycles. The molecule has 23 heavy (non-hydrogen) atoms. The predicted octanol–water partition coefficient (Wildman–Crippen LogP) is 3.32. The Kier molecular flexibility index (Phi) is 4.54. The maximum absolute atomic E-state index is 12.9. The van der Waals surface area contributed by atoms with E-state index in [1.807, 2.05) is 6.07 Å². The van der Waals surface area contributed by atoms with Crippen molar-refractivity contribution in [3.63, 3.8) is 0 Å². The summed E-state index contributed by atoms with van der Waals surface area (Å²) in [4.78, 5) is 12.9.